The van der Waals surface area contributed by atoms with Gasteiger partial charge >= 0.3 is 0 Å². The molecule has 3 N–H and O–H groups in total. The average molecular weight is 190 g/mol. The number of benzene rings is 1. The lowest BCUT2D eigenvalue weighted by Gasteiger charge is -2.16. The van der Waals surface area contributed by atoms with E-state index < -0.39 is 0 Å². The molecule has 0 amide bonds. The summed E-state index contributed by atoms with van der Waals surface area (Å²) in [5, 5.41) is 3.49. The van der Waals surface area contributed by atoms with E-state index in [0.29, 0.717) is 6.04 Å². The minimum atomic E-state index is 0.480. The number of nitrogens with two attached hydrogens (primary N) is 1. The monoisotopic (exact) mass is 190 g/mol. The molecule has 0 aliphatic carbocycles. The quantitative estimate of drug-likeness (QED) is 0.667. The number of nitrogen functional groups attached to an aromatic ring is 1. The van der Waals surface area contributed by atoms with Crippen molar-refractivity contribution < 1.29 is 0 Å². The second kappa shape index (κ2) is 3.62. The van der Waals surface area contributed by atoms with Crippen LogP contribution in [0.2, 0.25) is 0 Å². The summed E-state index contributed by atoms with van der Waals surface area (Å²) in [6.45, 7) is 5.34. The zero-order valence-corrected chi connectivity index (χ0v) is 8.93. The number of anilines is 1. The Bertz CT molecular complexity index is 338. The molecule has 1 aromatic rings. The van der Waals surface area contributed by atoms with Crippen LogP contribution >= 0.6 is 0 Å². The molecule has 76 valence electrons. The van der Waals surface area contributed by atoms with Crippen LogP contribution in [0, 0.1) is 13.8 Å². The summed E-state index contributed by atoms with van der Waals surface area (Å²) < 4.78 is 0. The molecule has 2 rings (SSSR count). The fourth-order valence-electron chi connectivity index (χ4n) is 2.25. The lowest BCUT2D eigenvalue weighted by molar-refractivity contribution is 0.649. The Morgan fingerprint density at radius 2 is 2.14 bits per heavy atom. The van der Waals surface area contributed by atoms with Crippen LogP contribution in [0.15, 0.2) is 12.1 Å². The van der Waals surface area contributed by atoms with Crippen molar-refractivity contribution in [2.45, 2.75) is 32.7 Å². The van der Waals surface area contributed by atoms with Crippen molar-refractivity contribution in [3.05, 3.63) is 28.8 Å². The van der Waals surface area contributed by atoms with Crippen LogP contribution in [0.3, 0.4) is 0 Å². The predicted molar refractivity (Wildman–Crippen MR) is 60.3 cm³/mol. The molecule has 1 saturated heterocycles. The second-order valence-corrected chi connectivity index (χ2v) is 4.23. The van der Waals surface area contributed by atoms with Crippen LogP contribution < -0.4 is 11.1 Å². The van der Waals surface area contributed by atoms with E-state index in [1.807, 2.05) is 0 Å². The van der Waals surface area contributed by atoms with Crippen LogP contribution in [-0.2, 0) is 0 Å². The highest BCUT2D eigenvalue weighted by molar-refractivity contribution is 5.56. The minimum Gasteiger partial charge on any atom is -0.398 e. The molecule has 14 heavy (non-hydrogen) atoms. The maximum atomic E-state index is 6.09. The molecule has 1 aromatic carbocycles. The van der Waals surface area contributed by atoms with E-state index in [0.717, 1.165) is 12.2 Å². The van der Waals surface area contributed by atoms with Crippen molar-refractivity contribution in [2.24, 2.45) is 0 Å². The minimum absolute atomic E-state index is 0.480. The van der Waals surface area contributed by atoms with Gasteiger partial charge in [0.05, 0.1) is 0 Å². The summed E-state index contributed by atoms with van der Waals surface area (Å²) in [5.74, 6) is 0. The highest BCUT2D eigenvalue weighted by Crippen LogP contribution is 2.30. The molecular weight excluding hydrogens is 172 g/mol. The molecule has 0 radical (unpaired) electrons. The Labute approximate surface area is 85.5 Å². The van der Waals surface area contributed by atoms with E-state index >= 15 is 0 Å². The fraction of sp³-hybridized carbons (Fsp3) is 0.500. The smallest absolute Gasteiger partial charge is 0.0392 e. The van der Waals surface area contributed by atoms with Crippen LogP contribution in [0.25, 0.3) is 0 Å². The third kappa shape index (κ3) is 1.62. The average Bonchev–Trinajstić information content (AvgIpc) is 2.63. The van der Waals surface area contributed by atoms with Gasteiger partial charge in [0.15, 0.2) is 0 Å². The normalized spacial score (nSPS) is 21.4. The standard InChI is InChI=1S/C12H18N2/c1-8-6-9(2)12(13)10(7-8)11-4-3-5-14-11/h6-7,11,14H,3-5,13H2,1-2H3. The summed E-state index contributed by atoms with van der Waals surface area (Å²) in [6, 6.07) is 4.84. The lowest BCUT2D eigenvalue weighted by atomic mass is 9.98. The van der Waals surface area contributed by atoms with E-state index in [2.05, 4.69) is 31.3 Å². The number of nitrogens with one attached hydrogen (secondary N) is 1. The summed E-state index contributed by atoms with van der Waals surface area (Å²) in [7, 11) is 0. The molecule has 0 aromatic heterocycles. The van der Waals surface area contributed by atoms with Gasteiger partial charge in [-0.3, -0.25) is 0 Å². The first-order valence-electron chi connectivity index (χ1n) is 5.28. The Hall–Kier alpha value is -1.02. The van der Waals surface area contributed by atoms with Crippen molar-refractivity contribution in [3.63, 3.8) is 0 Å². The van der Waals surface area contributed by atoms with Gasteiger partial charge in [-0.15, -0.1) is 0 Å². The van der Waals surface area contributed by atoms with Crippen LogP contribution in [0.4, 0.5) is 5.69 Å². The summed E-state index contributed by atoms with van der Waals surface area (Å²) in [6.07, 6.45) is 2.48. The topological polar surface area (TPSA) is 38.0 Å². The molecule has 1 aliphatic heterocycles. The largest absolute Gasteiger partial charge is 0.398 e. The molecule has 0 bridgehead atoms. The molecular formula is C12H18N2. The van der Waals surface area contributed by atoms with Gasteiger partial charge in [0.1, 0.15) is 0 Å². The summed E-state index contributed by atoms with van der Waals surface area (Å²) in [4.78, 5) is 0. The SMILES string of the molecule is Cc1cc(C)c(N)c(C2CCCN2)c1. The summed E-state index contributed by atoms with van der Waals surface area (Å²) >= 11 is 0. The Kier molecular flexibility index (Phi) is 2.46. The van der Waals surface area contributed by atoms with Gasteiger partial charge in [-0.25, -0.2) is 0 Å². The van der Waals surface area contributed by atoms with Crippen LogP contribution in [-0.4, -0.2) is 6.54 Å². The molecule has 1 unspecified atom stereocenters. The van der Waals surface area contributed by atoms with Gasteiger partial charge in [0.2, 0.25) is 0 Å². The third-order valence-corrected chi connectivity index (χ3v) is 3.00. The van der Waals surface area contributed by atoms with E-state index in [4.69, 9.17) is 5.73 Å². The Balaban J connectivity index is 2.40. The molecule has 1 fully saturated rings. The number of hydrogen-bond acceptors (Lipinski definition) is 2. The molecule has 2 heteroatoms. The van der Waals surface area contributed by atoms with E-state index in [9.17, 15) is 0 Å². The predicted octanol–water partition coefficient (Wildman–Crippen LogP) is 2.31. The van der Waals surface area contributed by atoms with Gasteiger partial charge < -0.3 is 11.1 Å². The maximum Gasteiger partial charge on any atom is 0.0392 e. The molecule has 1 atom stereocenters. The zero-order chi connectivity index (χ0) is 10.1. The van der Waals surface area contributed by atoms with Crippen molar-refractivity contribution in [1.29, 1.82) is 0 Å². The fourth-order valence-corrected chi connectivity index (χ4v) is 2.25. The van der Waals surface area contributed by atoms with Gasteiger partial charge in [-0.2, -0.15) is 0 Å². The molecule has 1 heterocycles. The zero-order valence-electron chi connectivity index (χ0n) is 8.93. The Morgan fingerprint density at radius 3 is 2.79 bits per heavy atom. The van der Waals surface area contributed by atoms with Crippen LogP contribution in [0.1, 0.15) is 35.6 Å². The highest BCUT2D eigenvalue weighted by atomic mass is 14.9. The van der Waals surface area contributed by atoms with Gasteiger partial charge in [0, 0.05) is 11.7 Å². The maximum absolute atomic E-state index is 6.09. The highest BCUT2D eigenvalue weighted by Gasteiger charge is 2.19. The first-order valence-corrected chi connectivity index (χ1v) is 5.28. The first-order chi connectivity index (χ1) is 6.68. The van der Waals surface area contributed by atoms with E-state index in [1.54, 1.807) is 0 Å². The second-order valence-electron chi connectivity index (χ2n) is 4.23. The summed E-state index contributed by atoms with van der Waals surface area (Å²) in [5.41, 5.74) is 10.9. The number of aryl methyl sites for hydroxylation is 2. The van der Waals surface area contributed by atoms with Crippen molar-refractivity contribution in [2.75, 3.05) is 12.3 Å². The van der Waals surface area contributed by atoms with Crippen molar-refractivity contribution >= 4 is 5.69 Å². The molecule has 0 saturated carbocycles. The first kappa shape index (κ1) is 9.53. The van der Waals surface area contributed by atoms with Gasteiger partial charge in [-0.1, -0.05) is 17.7 Å². The molecule has 2 nitrogen and oxygen atoms in total. The Morgan fingerprint density at radius 1 is 1.36 bits per heavy atom. The molecule has 1 aliphatic rings. The van der Waals surface area contributed by atoms with Crippen molar-refractivity contribution in [3.8, 4) is 0 Å². The lowest BCUT2D eigenvalue weighted by Crippen LogP contribution is -2.15. The van der Waals surface area contributed by atoms with E-state index in [-0.39, 0.29) is 0 Å². The number of rotatable bonds is 1. The van der Waals surface area contributed by atoms with Crippen molar-refractivity contribution in [1.82, 2.24) is 5.32 Å². The van der Waals surface area contributed by atoms with Gasteiger partial charge in [-0.05, 0) is 44.4 Å². The third-order valence-electron chi connectivity index (χ3n) is 3.00. The van der Waals surface area contributed by atoms with Gasteiger partial charge in [0.25, 0.3) is 0 Å². The molecule has 0 spiro atoms. The van der Waals surface area contributed by atoms with E-state index in [1.165, 1.54) is 29.5 Å². The number of hydrogen-bond donors (Lipinski definition) is 2. The van der Waals surface area contributed by atoms with Crippen LogP contribution in [0.5, 0.6) is 0 Å².